The van der Waals surface area contributed by atoms with Crippen molar-refractivity contribution in [3.63, 3.8) is 0 Å². The second-order valence-electron chi connectivity index (χ2n) is 4.11. The van der Waals surface area contributed by atoms with Gasteiger partial charge in [0.2, 0.25) is 5.91 Å². The summed E-state index contributed by atoms with van der Waals surface area (Å²) in [6, 6.07) is 7.77. The first-order valence-electron chi connectivity index (χ1n) is 5.61. The Balaban J connectivity index is 2.04. The van der Waals surface area contributed by atoms with Crippen LogP contribution >= 0.6 is 0 Å². The predicted octanol–water partition coefficient (Wildman–Crippen LogP) is 2.31. The second-order valence-corrected chi connectivity index (χ2v) is 4.11. The fourth-order valence-corrected chi connectivity index (χ4v) is 1.94. The molecule has 3 rings (SSSR count). The summed E-state index contributed by atoms with van der Waals surface area (Å²) in [5.41, 5.74) is 1.82. The quantitative estimate of drug-likeness (QED) is 0.722. The van der Waals surface area contributed by atoms with Crippen molar-refractivity contribution in [1.29, 1.82) is 0 Å². The summed E-state index contributed by atoms with van der Waals surface area (Å²) < 4.78 is 1.90. The highest BCUT2D eigenvalue weighted by molar-refractivity contribution is 5.93. The number of nitrogens with zero attached hydrogens (tertiary/aromatic N) is 2. The lowest BCUT2D eigenvalue weighted by atomic mass is 10.2. The standard InChI is InChI=1S/C13H12N4O/c1-9(18)15-11-2-3-12-10(6-11)7-13(16-12)17-5-4-14-8-17/h2-8,16H,1H3,(H,15,18). The summed E-state index contributed by atoms with van der Waals surface area (Å²) in [6.45, 7) is 1.50. The summed E-state index contributed by atoms with van der Waals surface area (Å²) in [5, 5.41) is 3.82. The summed E-state index contributed by atoms with van der Waals surface area (Å²) in [7, 11) is 0. The minimum absolute atomic E-state index is 0.0697. The summed E-state index contributed by atoms with van der Waals surface area (Å²) in [4.78, 5) is 18.3. The van der Waals surface area contributed by atoms with E-state index in [0.717, 1.165) is 22.4 Å². The van der Waals surface area contributed by atoms with Crippen molar-refractivity contribution >= 4 is 22.5 Å². The molecule has 0 aliphatic carbocycles. The highest BCUT2D eigenvalue weighted by atomic mass is 16.1. The first kappa shape index (κ1) is 10.6. The van der Waals surface area contributed by atoms with E-state index in [4.69, 9.17) is 0 Å². The number of hydrogen-bond acceptors (Lipinski definition) is 2. The Labute approximate surface area is 103 Å². The molecule has 90 valence electrons. The number of hydrogen-bond donors (Lipinski definition) is 2. The van der Waals surface area contributed by atoms with Crippen LogP contribution in [0.1, 0.15) is 6.92 Å². The Morgan fingerprint density at radius 3 is 3.00 bits per heavy atom. The van der Waals surface area contributed by atoms with Gasteiger partial charge in [-0.3, -0.25) is 9.36 Å². The topological polar surface area (TPSA) is 62.7 Å². The molecule has 0 saturated carbocycles. The van der Waals surface area contributed by atoms with Crippen LogP contribution < -0.4 is 5.32 Å². The predicted molar refractivity (Wildman–Crippen MR) is 69.7 cm³/mol. The van der Waals surface area contributed by atoms with Crippen molar-refractivity contribution in [2.75, 3.05) is 5.32 Å². The number of anilines is 1. The number of H-pyrrole nitrogens is 1. The van der Waals surface area contributed by atoms with Gasteiger partial charge in [0.15, 0.2) is 0 Å². The van der Waals surface area contributed by atoms with Gasteiger partial charge in [0.05, 0.1) is 0 Å². The van der Waals surface area contributed by atoms with Crippen LogP contribution in [0.15, 0.2) is 43.0 Å². The molecular weight excluding hydrogens is 228 g/mol. The number of carbonyl (C=O) groups excluding carboxylic acids is 1. The van der Waals surface area contributed by atoms with Crippen LogP contribution in [0.2, 0.25) is 0 Å². The van der Waals surface area contributed by atoms with Crippen molar-refractivity contribution in [1.82, 2.24) is 14.5 Å². The van der Waals surface area contributed by atoms with Crippen LogP contribution in [0.4, 0.5) is 5.69 Å². The average molecular weight is 240 g/mol. The number of nitrogens with one attached hydrogen (secondary N) is 2. The van der Waals surface area contributed by atoms with Gasteiger partial charge >= 0.3 is 0 Å². The highest BCUT2D eigenvalue weighted by Gasteiger charge is 2.03. The van der Waals surface area contributed by atoms with Gasteiger partial charge in [-0.15, -0.1) is 0 Å². The molecule has 0 fully saturated rings. The van der Waals surface area contributed by atoms with E-state index in [1.807, 2.05) is 35.0 Å². The lowest BCUT2D eigenvalue weighted by Crippen LogP contribution is -2.05. The van der Waals surface area contributed by atoms with Crippen LogP contribution in [0.3, 0.4) is 0 Å². The van der Waals surface area contributed by atoms with Gasteiger partial charge in [-0.1, -0.05) is 0 Å². The van der Waals surface area contributed by atoms with Crippen molar-refractivity contribution in [2.24, 2.45) is 0 Å². The zero-order valence-electron chi connectivity index (χ0n) is 9.84. The maximum Gasteiger partial charge on any atom is 0.221 e. The van der Waals surface area contributed by atoms with Gasteiger partial charge in [-0.05, 0) is 24.3 Å². The Kier molecular flexibility index (Phi) is 2.37. The first-order valence-corrected chi connectivity index (χ1v) is 5.61. The van der Waals surface area contributed by atoms with E-state index in [1.165, 1.54) is 6.92 Å². The maximum absolute atomic E-state index is 11.0. The third kappa shape index (κ3) is 1.86. The van der Waals surface area contributed by atoms with E-state index in [0.29, 0.717) is 0 Å². The Hall–Kier alpha value is -2.56. The second kappa shape index (κ2) is 4.03. The van der Waals surface area contributed by atoms with E-state index < -0.39 is 0 Å². The fourth-order valence-electron chi connectivity index (χ4n) is 1.94. The number of benzene rings is 1. The molecule has 0 saturated heterocycles. The van der Waals surface area contributed by atoms with E-state index >= 15 is 0 Å². The molecule has 2 heterocycles. The van der Waals surface area contributed by atoms with Gasteiger partial charge in [-0.25, -0.2) is 4.98 Å². The third-order valence-corrected chi connectivity index (χ3v) is 2.71. The molecule has 18 heavy (non-hydrogen) atoms. The Bertz CT molecular complexity index is 697. The van der Waals surface area contributed by atoms with E-state index in [-0.39, 0.29) is 5.91 Å². The fraction of sp³-hybridized carbons (Fsp3) is 0.0769. The highest BCUT2D eigenvalue weighted by Crippen LogP contribution is 2.21. The molecule has 2 aromatic heterocycles. The molecule has 0 unspecified atom stereocenters. The molecule has 0 atom stereocenters. The molecule has 5 heteroatoms. The number of aromatic nitrogens is 3. The molecule has 5 nitrogen and oxygen atoms in total. The number of fused-ring (bicyclic) bond motifs is 1. The molecule has 0 bridgehead atoms. The van der Waals surface area contributed by atoms with Crippen molar-refractivity contribution in [3.8, 4) is 5.82 Å². The third-order valence-electron chi connectivity index (χ3n) is 2.71. The number of carbonyl (C=O) groups is 1. The minimum atomic E-state index is -0.0697. The Morgan fingerprint density at radius 2 is 2.28 bits per heavy atom. The molecule has 0 spiro atoms. The van der Waals surface area contributed by atoms with Crippen LogP contribution in [-0.4, -0.2) is 20.4 Å². The summed E-state index contributed by atoms with van der Waals surface area (Å²) in [5.74, 6) is 0.877. The Morgan fingerprint density at radius 1 is 1.39 bits per heavy atom. The smallest absolute Gasteiger partial charge is 0.221 e. The molecule has 2 N–H and O–H groups in total. The molecule has 0 radical (unpaired) electrons. The normalized spacial score (nSPS) is 10.7. The monoisotopic (exact) mass is 240 g/mol. The number of imidazole rings is 1. The van der Waals surface area contributed by atoms with E-state index in [9.17, 15) is 4.79 Å². The zero-order chi connectivity index (χ0) is 12.5. The zero-order valence-corrected chi connectivity index (χ0v) is 9.84. The van der Waals surface area contributed by atoms with Crippen molar-refractivity contribution < 1.29 is 4.79 Å². The molecular formula is C13H12N4O. The molecule has 1 aromatic carbocycles. The lowest BCUT2D eigenvalue weighted by Gasteiger charge is -2.00. The van der Waals surface area contributed by atoms with Crippen molar-refractivity contribution in [2.45, 2.75) is 6.92 Å². The lowest BCUT2D eigenvalue weighted by molar-refractivity contribution is -0.114. The number of rotatable bonds is 2. The van der Waals surface area contributed by atoms with Crippen LogP contribution in [-0.2, 0) is 4.79 Å². The SMILES string of the molecule is CC(=O)Nc1ccc2[nH]c(-n3ccnc3)cc2c1. The molecule has 0 aliphatic rings. The van der Waals surface area contributed by atoms with Gasteiger partial charge in [0.1, 0.15) is 12.1 Å². The average Bonchev–Trinajstić information content (AvgIpc) is 2.95. The molecule has 1 amide bonds. The van der Waals surface area contributed by atoms with Crippen LogP contribution in [0.25, 0.3) is 16.7 Å². The van der Waals surface area contributed by atoms with Gasteiger partial charge < -0.3 is 10.3 Å². The van der Waals surface area contributed by atoms with E-state index in [2.05, 4.69) is 15.3 Å². The first-order chi connectivity index (χ1) is 8.72. The maximum atomic E-state index is 11.0. The number of amides is 1. The van der Waals surface area contributed by atoms with Crippen LogP contribution in [0, 0.1) is 0 Å². The van der Waals surface area contributed by atoms with Gasteiger partial charge in [0.25, 0.3) is 0 Å². The summed E-state index contributed by atoms with van der Waals surface area (Å²) in [6.07, 6.45) is 5.34. The van der Waals surface area contributed by atoms with Gasteiger partial charge in [-0.2, -0.15) is 0 Å². The number of aromatic amines is 1. The van der Waals surface area contributed by atoms with Crippen molar-refractivity contribution in [3.05, 3.63) is 43.0 Å². The summed E-state index contributed by atoms with van der Waals surface area (Å²) >= 11 is 0. The largest absolute Gasteiger partial charge is 0.341 e. The van der Waals surface area contributed by atoms with Crippen LogP contribution in [0.5, 0.6) is 0 Å². The van der Waals surface area contributed by atoms with E-state index in [1.54, 1.807) is 12.5 Å². The molecule has 3 aromatic rings. The molecule has 0 aliphatic heterocycles. The minimum Gasteiger partial charge on any atom is -0.341 e. The van der Waals surface area contributed by atoms with Gasteiger partial charge in [0, 0.05) is 35.9 Å².